The van der Waals surface area contributed by atoms with Gasteiger partial charge in [-0.3, -0.25) is 9.35 Å². The Morgan fingerprint density at radius 3 is 2.83 bits per heavy atom. The molecule has 0 radical (unpaired) electrons. The van der Waals surface area contributed by atoms with Gasteiger partial charge in [-0.25, -0.2) is 4.79 Å². The zero-order chi connectivity index (χ0) is 13.1. The second-order valence-electron chi connectivity index (χ2n) is 3.60. The summed E-state index contributed by atoms with van der Waals surface area (Å²) in [6.45, 7) is 0. The summed E-state index contributed by atoms with van der Waals surface area (Å²) in [6, 6.07) is 1.32. The number of hydrogen-bond donors (Lipinski definition) is 1. The fourth-order valence-corrected chi connectivity index (χ4v) is 2.02. The lowest BCUT2D eigenvalue weighted by Gasteiger charge is -2.01. The van der Waals surface area contributed by atoms with E-state index in [1.54, 1.807) is 0 Å². The Morgan fingerprint density at radius 1 is 1.44 bits per heavy atom. The fourth-order valence-electron chi connectivity index (χ4n) is 1.67. The zero-order valence-corrected chi connectivity index (χ0v) is 9.31. The Kier molecular flexibility index (Phi) is 1.96. The van der Waals surface area contributed by atoms with Gasteiger partial charge in [0.25, 0.3) is 10.1 Å². The summed E-state index contributed by atoms with van der Waals surface area (Å²) in [6.07, 6.45) is 0. The van der Waals surface area contributed by atoms with E-state index in [1.807, 2.05) is 0 Å². The molecule has 9 heteroatoms. The minimum Gasteiger partial charge on any atom is -0.448 e. The van der Waals surface area contributed by atoms with E-state index in [9.17, 15) is 18.0 Å². The van der Waals surface area contributed by atoms with E-state index in [-0.39, 0.29) is 28.2 Å². The van der Waals surface area contributed by atoms with E-state index in [1.165, 1.54) is 6.07 Å². The van der Waals surface area contributed by atoms with Crippen molar-refractivity contribution in [2.24, 2.45) is 0 Å². The molecule has 18 heavy (non-hydrogen) atoms. The normalized spacial score (nSPS) is 14.2. The van der Waals surface area contributed by atoms with Gasteiger partial charge in [-0.15, -0.1) is 0 Å². The number of carbonyl (C=O) groups excluding carboxylic acids is 2. The van der Waals surface area contributed by atoms with Crippen LogP contribution in [0.1, 0.15) is 10.4 Å². The molecule has 2 aromatic rings. The summed E-state index contributed by atoms with van der Waals surface area (Å²) in [5.41, 5.74) is 0.490. The van der Waals surface area contributed by atoms with Crippen molar-refractivity contribution in [2.75, 3.05) is 5.75 Å². The minimum atomic E-state index is -4.48. The van der Waals surface area contributed by atoms with Gasteiger partial charge in [0.2, 0.25) is 11.5 Å². The molecule has 0 aliphatic carbocycles. The van der Waals surface area contributed by atoms with E-state index in [0.717, 1.165) is 0 Å². The SMILES string of the molecule is O=C(CS(=O)(=O)O)Oc1c2c3oc1cc3C(=O)O2. The molecule has 1 N–H and O–H groups in total. The molecule has 0 atom stereocenters. The van der Waals surface area contributed by atoms with E-state index in [2.05, 4.69) is 0 Å². The first-order chi connectivity index (χ1) is 8.35. The summed E-state index contributed by atoms with van der Waals surface area (Å²) < 4.78 is 44.0. The predicted molar refractivity (Wildman–Crippen MR) is 54.4 cm³/mol. The Hall–Kier alpha value is -2.13. The average molecular weight is 272 g/mol. The van der Waals surface area contributed by atoms with E-state index < -0.39 is 27.8 Å². The Labute approximate surface area is 99.2 Å². The van der Waals surface area contributed by atoms with E-state index in [0.29, 0.717) is 0 Å². The molecular formula is C9H4O8S. The van der Waals surface area contributed by atoms with Crippen LogP contribution < -0.4 is 9.47 Å². The highest BCUT2D eigenvalue weighted by Crippen LogP contribution is 2.48. The standard InChI is InChI=1S/C9H4O8S/c10-5(2-18(12,13)14)16-7-4-1-3-6(15-4)8(7)17-9(3)11/h1H,2H2,(H,12,13,14). The molecule has 0 unspecified atom stereocenters. The maximum Gasteiger partial charge on any atom is 0.347 e. The Balaban J connectivity index is 1.90. The largest absolute Gasteiger partial charge is 0.448 e. The lowest BCUT2D eigenvalue weighted by Crippen LogP contribution is -2.20. The van der Waals surface area contributed by atoms with Crippen molar-refractivity contribution in [1.29, 1.82) is 0 Å². The summed E-state index contributed by atoms with van der Waals surface area (Å²) in [5.74, 6) is -3.24. The van der Waals surface area contributed by atoms with Crippen molar-refractivity contribution in [3.8, 4) is 11.5 Å². The molecule has 1 aliphatic heterocycles. The van der Waals surface area contributed by atoms with Crippen molar-refractivity contribution in [2.45, 2.75) is 0 Å². The van der Waals surface area contributed by atoms with Gasteiger partial charge in [0.1, 0.15) is 5.56 Å². The summed E-state index contributed by atoms with van der Waals surface area (Å²) >= 11 is 0. The number of esters is 2. The maximum absolute atomic E-state index is 11.2. The highest BCUT2D eigenvalue weighted by molar-refractivity contribution is 7.86. The molecule has 3 rings (SSSR count). The summed E-state index contributed by atoms with van der Waals surface area (Å²) in [4.78, 5) is 22.5. The third kappa shape index (κ3) is 1.52. The molecule has 3 heterocycles. The highest BCUT2D eigenvalue weighted by Gasteiger charge is 2.37. The third-order valence-electron chi connectivity index (χ3n) is 2.30. The van der Waals surface area contributed by atoms with Gasteiger partial charge in [0, 0.05) is 6.07 Å². The monoisotopic (exact) mass is 272 g/mol. The van der Waals surface area contributed by atoms with Crippen LogP contribution in [0.15, 0.2) is 10.5 Å². The topological polar surface area (TPSA) is 120 Å². The first-order valence-electron chi connectivity index (χ1n) is 4.62. The number of fused-ring (bicyclic) bond motifs is 1. The molecule has 0 saturated heterocycles. The van der Waals surface area contributed by atoms with Crippen LogP contribution in [0.4, 0.5) is 0 Å². The number of hydrogen-bond acceptors (Lipinski definition) is 7. The molecule has 0 spiro atoms. The van der Waals surface area contributed by atoms with Crippen molar-refractivity contribution >= 4 is 33.2 Å². The molecule has 0 amide bonds. The smallest absolute Gasteiger partial charge is 0.347 e. The minimum absolute atomic E-state index is 0.0452. The second-order valence-corrected chi connectivity index (χ2v) is 5.05. The van der Waals surface area contributed by atoms with Crippen LogP contribution in [0.5, 0.6) is 11.5 Å². The lowest BCUT2D eigenvalue weighted by atomic mass is 10.2. The van der Waals surface area contributed by atoms with Gasteiger partial charge in [-0.1, -0.05) is 0 Å². The number of carbonyl (C=O) groups is 2. The van der Waals surface area contributed by atoms with Gasteiger partial charge in [0.15, 0.2) is 16.9 Å². The third-order valence-corrected chi connectivity index (χ3v) is 2.90. The van der Waals surface area contributed by atoms with Crippen LogP contribution in [0.25, 0.3) is 11.2 Å². The lowest BCUT2D eigenvalue weighted by molar-refractivity contribution is -0.131. The Morgan fingerprint density at radius 2 is 2.17 bits per heavy atom. The van der Waals surface area contributed by atoms with Crippen LogP contribution in [0, 0.1) is 0 Å². The first-order valence-corrected chi connectivity index (χ1v) is 6.23. The predicted octanol–water partition coefficient (Wildman–Crippen LogP) is 0.196. The van der Waals surface area contributed by atoms with E-state index >= 15 is 0 Å². The summed E-state index contributed by atoms with van der Waals surface area (Å²) in [5, 5.41) is 0. The molecule has 94 valence electrons. The number of benzene rings is 1. The first kappa shape index (κ1) is 11.0. The second kappa shape index (κ2) is 3.21. The van der Waals surface area contributed by atoms with E-state index in [4.69, 9.17) is 18.4 Å². The molecule has 0 aromatic carbocycles. The number of rotatable bonds is 3. The van der Waals surface area contributed by atoms with Crippen molar-refractivity contribution in [3.63, 3.8) is 0 Å². The molecule has 8 nitrogen and oxygen atoms in total. The van der Waals surface area contributed by atoms with Crippen LogP contribution in [-0.4, -0.2) is 30.7 Å². The average Bonchev–Trinajstić information content (AvgIpc) is 2.79. The van der Waals surface area contributed by atoms with Gasteiger partial charge >= 0.3 is 11.9 Å². The molecule has 1 aliphatic rings. The molecular weight excluding hydrogens is 268 g/mol. The zero-order valence-electron chi connectivity index (χ0n) is 8.50. The number of furan rings is 2. The van der Waals surface area contributed by atoms with Gasteiger partial charge in [-0.05, 0) is 0 Å². The van der Waals surface area contributed by atoms with Crippen LogP contribution >= 0.6 is 0 Å². The molecule has 2 aromatic heterocycles. The van der Waals surface area contributed by atoms with Crippen molar-refractivity contribution in [3.05, 3.63) is 11.6 Å². The highest BCUT2D eigenvalue weighted by atomic mass is 32.2. The molecule has 0 saturated carbocycles. The maximum atomic E-state index is 11.2. The van der Waals surface area contributed by atoms with Crippen molar-refractivity contribution < 1.29 is 36.5 Å². The molecule has 0 fully saturated rings. The number of ether oxygens (including phenoxy) is 2. The van der Waals surface area contributed by atoms with Gasteiger partial charge < -0.3 is 13.9 Å². The van der Waals surface area contributed by atoms with Crippen LogP contribution in [-0.2, 0) is 14.9 Å². The van der Waals surface area contributed by atoms with Crippen LogP contribution in [0.2, 0.25) is 0 Å². The molecule has 2 bridgehead atoms. The fraction of sp³-hybridized carbons (Fsp3) is 0.111. The summed E-state index contributed by atoms with van der Waals surface area (Å²) in [7, 11) is -4.48. The van der Waals surface area contributed by atoms with Gasteiger partial charge in [0.05, 0.1) is 0 Å². The Bertz CT molecular complexity index is 768. The van der Waals surface area contributed by atoms with Crippen LogP contribution in [0.3, 0.4) is 0 Å². The van der Waals surface area contributed by atoms with Gasteiger partial charge in [-0.2, -0.15) is 8.42 Å². The van der Waals surface area contributed by atoms with Crippen molar-refractivity contribution in [1.82, 2.24) is 0 Å². The quantitative estimate of drug-likeness (QED) is 0.477.